The summed E-state index contributed by atoms with van der Waals surface area (Å²) in [7, 11) is 2.26. The van der Waals surface area contributed by atoms with Gasteiger partial charge in [0.05, 0.1) is 0 Å². The fourth-order valence-corrected chi connectivity index (χ4v) is 3.91. The lowest BCUT2D eigenvalue weighted by Gasteiger charge is -2.29. The van der Waals surface area contributed by atoms with Crippen LogP contribution in [0.1, 0.15) is 17.9 Å². The van der Waals surface area contributed by atoms with Gasteiger partial charge in [-0.25, -0.2) is 0 Å². The highest BCUT2D eigenvalue weighted by molar-refractivity contribution is 7.98. The predicted molar refractivity (Wildman–Crippen MR) is 79.2 cm³/mol. The van der Waals surface area contributed by atoms with E-state index in [-0.39, 0.29) is 0 Å². The third-order valence-electron chi connectivity index (χ3n) is 4.42. The third kappa shape index (κ3) is 2.24. The number of benzene rings is 1. The summed E-state index contributed by atoms with van der Waals surface area (Å²) >= 11 is 1.82. The monoisotopic (exact) mass is 259 g/mol. The van der Waals surface area contributed by atoms with Gasteiger partial charge in [0.15, 0.2) is 0 Å². The van der Waals surface area contributed by atoms with Crippen LogP contribution in [-0.4, -0.2) is 31.3 Å². The zero-order valence-electron chi connectivity index (χ0n) is 11.2. The Kier molecular flexibility index (Phi) is 3.49. The highest BCUT2D eigenvalue weighted by Crippen LogP contribution is 2.41. The normalized spacial score (nSPS) is 31.6. The Morgan fingerprint density at radius 1 is 1.17 bits per heavy atom. The summed E-state index contributed by atoms with van der Waals surface area (Å²) in [6.07, 6.45) is 8.24. The molecule has 0 aromatic heterocycles. The van der Waals surface area contributed by atoms with Crippen molar-refractivity contribution in [1.29, 1.82) is 0 Å². The quantitative estimate of drug-likeness (QED) is 0.589. The van der Waals surface area contributed by atoms with Gasteiger partial charge in [-0.3, -0.25) is 0 Å². The average Bonchev–Trinajstić information content (AvgIpc) is 2.79. The van der Waals surface area contributed by atoms with Gasteiger partial charge in [-0.2, -0.15) is 0 Å². The third-order valence-corrected chi connectivity index (χ3v) is 5.16. The number of likely N-dealkylation sites (tertiary alicyclic amines) is 1. The van der Waals surface area contributed by atoms with E-state index in [1.807, 2.05) is 11.8 Å². The van der Waals surface area contributed by atoms with Gasteiger partial charge >= 0.3 is 0 Å². The van der Waals surface area contributed by atoms with Crippen molar-refractivity contribution in [3.05, 3.63) is 42.0 Å². The molecule has 2 aliphatic rings. The molecule has 3 atom stereocenters. The van der Waals surface area contributed by atoms with Gasteiger partial charge in [-0.1, -0.05) is 24.3 Å². The SMILES string of the molecule is CSc1ccc([C@@H]2C=CC[C@@H]3CN(C)C[C@H]32)cc1. The van der Waals surface area contributed by atoms with Crippen LogP contribution in [0.5, 0.6) is 0 Å². The number of thioether (sulfide) groups is 1. The van der Waals surface area contributed by atoms with E-state index in [0.29, 0.717) is 5.92 Å². The molecule has 0 radical (unpaired) electrons. The number of rotatable bonds is 2. The summed E-state index contributed by atoms with van der Waals surface area (Å²) in [5, 5.41) is 0. The topological polar surface area (TPSA) is 3.24 Å². The Morgan fingerprint density at radius 2 is 1.94 bits per heavy atom. The zero-order chi connectivity index (χ0) is 12.5. The molecule has 3 rings (SSSR count). The van der Waals surface area contributed by atoms with Crippen LogP contribution in [0.25, 0.3) is 0 Å². The number of fused-ring (bicyclic) bond motifs is 1. The molecule has 2 heteroatoms. The predicted octanol–water partition coefficient (Wildman–Crippen LogP) is 3.63. The number of hydrogen-bond acceptors (Lipinski definition) is 2. The Hall–Kier alpha value is -0.730. The summed E-state index contributed by atoms with van der Waals surface area (Å²) in [5.41, 5.74) is 1.49. The van der Waals surface area contributed by atoms with Crippen molar-refractivity contribution < 1.29 is 0 Å². The molecule has 1 heterocycles. The van der Waals surface area contributed by atoms with E-state index in [0.717, 1.165) is 11.8 Å². The minimum absolute atomic E-state index is 0.629. The van der Waals surface area contributed by atoms with Gasteiger partial charge in [0.2, 0.25) is 0 Å². The van der Waals surface area contributed by atoms with Gasteiger partial charge in [0, 0.05) is 23.9 Å². The maximum atomic E-state index is 2.49. The Balaban J connectivity index is 1.85. The van der Waals surface area contributed by atoms with Gasteiger partial charge in [0.25, 0.3) is 0 Å². The van der Waals surface area contributed by atoms with Crippen molar-refractivity contribution in [2.75, 3.05) is 26.4 Å². The molecular formula is C16H21NS. The van der Waals surface area contributed by atoms with E-state index in [1.165, 1.54) is 30.0 Å². The van der Waals surface area contributed by atoms with Crippen molar-refractivity contribution in [2.45, 2.75) is 17.2 Å². The van der Waals surface area contributed by atoms with Crippen LogP contribution >= 0.6 is 11.8 Å². The van der Waals surface area contributed by atoms with Crippen molar-refractivity contribution in [1.82, 2.24) is 4.90 Å². The second-order valence-electron chi connectivity index (χ2n) is 5.61. The van der Waals surface area contributed by atoms with Gasteiger partial charge < -0.3 is 4.90 Å². The molecular weight excluding hydrogens is 238 g/mol. The number of hydrogen-bond donors (Lipinski definition) is 0. The molecule has 0 unspecified atom stereocenters. The van der Waals surface area contributed by atoms with Crippen molar-refractivity contribution in [3.63, 3.8) is 0 Å². The van der Waals surface area contributed by atoms with Crippen molar-refractivity contribution >= 4 is 11.8 Å². The fourth-order valence-electron chi connectivity index (χ4n) is 3.50. The van der Waals surface area contributed by atoms with E-state index in [9.17, 15) is 0 Å². The van der Waals surface area contributed by atoms with Crippen LogP contribution in [0.4, 0.5) is 0 Å². The molecule has 18 heavy (non-hydrogen) atoms. The van der Waals surface area contributed by atoms with Crippen LogP contribution in [0.15, 0.2) is 41.3 Å². The second-order valence-corrected chi connectivity index (χ2v) is 6.49. The number of allylic oxidation sites excluding steroid dienone is 2. The Labute approximate surface area is 114 Å². The highest BCUT2D eigenvalue weighted by Gasteiger charge is 2.37. The van der Waals surface area contributed by atoms with E-state index in [1.54, 1.807) is 0 Å². The fraction of sp³-hybridized carbons (Fsp3) is 0.500. The summed E-state index contributed by atoms with van der Waals surface area (Å²) < 4.78 is 0. The molecule has 1 saturated heterocycles. The number of nitrogens with zero attached hydrogens (tertiary/aromatic N) is 1. The van der Waals surface area contributed by atoms with Crippen molar-refractivity contribution in [3.8, 4) is 0 Å². The molecule has 0 bridgehead atoms. The maximum absolute atomic E-state index is 2.49. The molecule has 1 aliphatic heterocycles. The van der Waals surface area contributed by atoms with E-state index >= 15 is 0 Å². The zero-order valence-corrected chi connectivity index (χ0v) is 12.0. The van der Waals surface area contributed by atoms with Crippen LogP contribution in [0.2, 0.25) is 0 Å². The smallest absolute Gasteiger partial charge is 0.00693 e. The largest absolute Gasteiger partial charge is 0.306 e. The van der Waals surface area contributed by atoms with Gasteiger partial charge in [-0.05, 0) is 49.3 Å². The Morgan fingerprint density at radius 3 is 2.67 bits per heavy atom. The molecule has 0 saturated carbocycles. The molecule has 0 amide bonds. The first-order chi connectivity index (χ1) is 8.78. The Bertz CT molecular complexity index is 437. The van der Waals surface area contributed by atoms with E-state index in [4.69, 9.17) is 0 Å². The highest BCUT2D eigenvalue weighted by atomic mass is 32.2. The lowest BCUT2D eigenvalue weighted by Crippen LogP contribution is -2.22. The second kappa shape index (κ2) is 5.10. The maximum Gasteiger partial charge on any atom is 0.00693 e. The van der Waals surface area contributed by atoms with Crippen LogP contribution < -0.4 is 0 Å². The first kappa shape index (κ1) is 12.3. The summed E-state index contributed by atoms with van der Waals surface area (Å²) in [6.45, 7) is 2.53. The first-order valence-corrected chi connectivity index (χ1v) is 7.99. The van der Waals surface area contributed by atoms with E-state index in [2.05, 4.69) is 54.6 Å². The van der Waals surface area contributed by atoms with Gasteiger partial charge in [-0.15, -0.1) is 11.8 Å². The minimum Gasteiger partial charge on any atom is -0.306 e. The summed E-state index contributed by atoms with van der Waals surface area (Å²) in [5.74, 6) is 2.31. The lowest BCUT2D eigenvalue weighted by atomic mass is 9.75. The standard InChI is InChI=1S/C16H21NS/c1-17-10-13-4-3-5-15(16(13)11-17)12-6-8-14(18-2)9-7-12/h3,5-9,13,15-16H,4,10-11H2,1-2H3/t13-,15+,16-/m1/s1. The van der Waals surface area contributed by atoms with Crippen LogP contribution in [0.3, 0.4) is 0 Å². The minimum atomic E-state index is 0.629. The molecule has 1 fully saturated rings. The van der Waals surface area contributed by atoms with Crippen LogP contribution in [-0.2, 0) is 0 Å². The first-order valence-electron chi connectivity index (χ1n) is 6.77. The molecule has 1 nitrogen and oxygen atoms in total. The summed E-state index contributed by atoms with van der Waals surface area (Å²) in [6, 6.07) is 9.16. The molecule has 1 aliphatic carbocycles. The van der Waals surface area contributed by atoms with Gasteiger partial charge in [0.1, 0.15) is 0 Å². The van der Waals surface area contributed by atoms with Crippen LogP contribution in [0, 0.1) is 11.8 Å². The van der Waals surface area contributed by atoms with E-state index < -0.39 is 0 Å². The average molecular weight is 259 g/mol. The summed E-state index contributed by atoms with van der Waals surface area (Å²) in [4.78, 5) is 3.85. The molecule has 96 valence electrons. The molecule has 1 aromatic rings. The molecule has 0 spiro atoms. The lowest BCUT2D eigenvalue weighted by molar-refractivity contribution is 0.368. The van der Waals surface area contributed by atoms with Crippen molar-refractivity contribution in [2.24, 2.45) is 11.8 Å². The molecule has 1 aromatic carbocycles. The molecule has 0 N–H and O–H groups in total.